The summed E-state index contributed by atoms with van der Waals surface area (Å²) in [6.07, 6.45) is 3.78. The lowest BCUT2D eigenvalue weighted by molar-refractivity contribution is 0.269. The Kier molecular flexibility index (Phi) is 4.32. The van der Waals surface area contributed by atoms with Gasteiger partial charge >= 0.3 is 0 Å². The maximum absolute atomic E-state index is 12.7. The van der Waals surface area contributed by atoms with E-state index in [0.29, 0.717) is 15.7 Å². The number of benzene rings is 2. The highest BCUT2D eigenvalue weighted by Crippen LogP contribution is 2.35. The second kappa shape index (κ2) is 6.23. The Balaban J connectivity index is 2.01. The molecule has 0 saturated heterocycles. The van der Waals surface area contributed by atoms with E-state index in [1.54, 1.807) is 30.3 Å². The van der Waals surface area contributed by atoms with E-state index in [4.69, 9.17) is 0 Å². The number of aryl methyl sites for hydroxylation is 1. The molecule has 22 heavy (non-hydrogen) atoms. The molecule has 1 unspecified atom stereocenters. The maximum atomic E-state index is 12.7. The number of aliphatic hydroxyl groups is 1. The van der Waals surface area contributed by atoms with Crippen LogP contribution in [0.25, 0.3) is 0 Å². The van der Waals surface area contributed by atoms with Crippen molar-refractivity contribution in [3.05, 3.63) is 59.7 Å². The maximum Gasteiger partial charge on any atom is 0.206 e. The predicted octanol–water partition coefficient (Wildman–Crippen LogP) is 3.32. The number of aliphatic hydroxyl groups excluding tert-OH is 1. The van der Waals surface area contributed by atoms with Gasteiger partial charge in [0.2, 0.25) is 9.84 Å². The van der Waals surface area contributed by atoms with Crippen LogP contribution in [0.5, 0.6) is 0 Å². The Morgan fingerprint density at radius 2 is 1.82 bits per heavy atom. The van der Waals surface area contributed by atoms with Crippen molar-refractivity contribution in [3.8, 4) is 0 Å². The third kappa shape index (κ3) is 2.81. The molecule has 3 nitrogen and oxygen atoms in total. The van der Waals surface area contributed by atoms with E-state index in [0.717, 1.165) is 31.2 Å². The van der Waals surface area contributed by atoms with E-state index >= 15 is 0 Å². The van der Waals surface area contributed by atoms with E-state index in [-0.39, 0.29) is 6.61 Å². The number of hydrogen-bond acceptors (Lipinski definition) is 3. The van der Waals surface area contributed by atoms with Gasteiger partial charge in [-0.05, 0) is 67.0 Å². The molecule has 3 rings (SSSR count). The zero-order valence-electron chi connectivity index (χ0n) is 12.4. The molecule has 1 N–H and O–H groups in total. The summed E-state index contributed by atoms with van der Waals surface area (Å²) in [7, 11) is -3.45. The van der Waals surface area contributed by atoms with Crippen LogP contribution in [0.1, 0.15) is 36.3 Å². The first-order valence-corrected chi connectivity index (χ1v) is 9.15. The summed E-state index contributed by atoms with van der Waals surface area (Å²) in [5, 5.41) is 9.18. The van der Waals surface area contributed by atoms with E-state index in [1.807, 2.05) is 18.2 Å². The first-order valence-electron chi connectivity index (χ1n) is 7.67. The molecule has 0 spiro atoms. The molecule has 2 aromatic carbocycles. The Morgan fingerprint density at radius 1 is 1.05 bits per heavy atom. The summed E-state index contributed by atoms with van der Waals surface area (Å²) in [6, 6.07) is 14.0. The molecule has 0 aromatic heterocycles. The van der Waals surface area contributed by atoms with Crippen molar-refractivity contribution >= 4 is 9.84 Å². The van der Waals surface area contributed by atoms with Crippen LogP contribution in [-0.4, -0.2) is 20.1 Å². The monoisotopic (exact) mass is 316 g/mol. The molecule has 4 heteroatoms. The SMILES string of the molecule is O=S(=O)(c1ccccc1)c1ccc2c(c1)CCCC2CCO. The van der Waals surface area contributed by atoms with E-state index in [2.05, 4.69) is 0 Å². The van der Waals surface area contributed by atoms with Gasteiger partial charge in [0.1, 0.15) is 0 Å². The van der Waals surface area contributed by atoms with Crippen molar-refractivity contribution in [1.29, 1.82) is 0 Å². The Morgan fingerprint density at radius 3 is 2.55 bits per heavy atom. The summed E-state index contributed by atoms with van der Waals surface area (Å²) in [5.41, 5.74) is 2.31. The summed E-state index contributed by atoms with van der Waals surface area (Å²) in [6.45, 7) is 0.175. The number of rotatable bonds is 4. The van der Waals surface area contributed by atoms with Crippen LogP contribution in [0.2, 0.25) is 0 Å². The minimum absolute atomic E-state index is 0.175. The van der Waals surface area contributed by atoms with Gasteiger partial charge < -0.3 is 5.11 Å². The van der Waals surface area contributed by atoms with Crippen LogP contribution in [0.3, 0.4) is 0 Å². The van der Waals surface area contributed by atoms with Crippen LogP contribution in [0.15, 0.2) is 58.3 Å². The highest BCUT2D eigenvalue weighted by atomic mass is 32.2. The van der Waals surface area contributed by atoms with E-state index in [9.17, 15) is 13.5 Å². The number of hydrogen-bond donors (Lipinski definition) is 1. The van der Waals surface area contributed by atoms with Crippen molar-refractivity contribution in [3.63, 3.8) is 0 Å². The van der Waals surface area contributed by atoms with Crippen LogP contribution in [-0.2, 0) is 16.3 Å². The average Bonchev–Trinajstić information content (AvgIpc) is 2.56. The fraction of sp³-hybridized carbons (Fsp3) is 0.333. The van der Waals surface area contributed by atoms with Gasteiger partial charge in [-0.3, -0.25) is 0 Å². The topological polar surface area (TPSA) is 54.4 Å². The van der Waals surface area contributed by atoms with Crippen molar-refractivity contribution in [1.82, 2.24) is 0 Å². The molecule has 0 fully saturated rings. The first kappa shape index (κ1) is 15.3. The zero-order chi connectivity index (χ0) is 15.6. The van der Waals surface area contributed by atoms with Crippen molar-refractivity contribution < 1.29 is 13.5 Å². The summed E-state index contributed by atoms with van der Waals surface area (Å²) < 4.78 is 25.4. The zero-order valence-corrected chi connectivity index (χ0v) is 13.2. The third-order valence-corrected chi connectivity index (χ3v) is 6.16. The quantitative estimate of drug-likeness (QED) is 0.941. The molecule has 0 saturated carbocycles. The lowest BCUT2D eigenvalue weighted by Gasteiger charge is -2.25. The Hall–Kier alpha value is -1.65. The summed E-state index contributed by atoms with van der Waals surface area (Å²) in [4.78, 5) is 0.694. The van der Waals surface area contributed by atoms with Gasteiger partial charge in [-0.15, -0.1) is 0 Å². The van der Waals surface area contributed by atoms with Gasteiger partial charge in [0.25, 0.3) is 0 Å². The van der Waals surface area contributed by atoms with Gasteiger partial charge in [-0.1, -0.05) is 24.3 Å². The normalized spacial score (nSPS) is 18.0. The molecule has 1 atom stereocenters. The molecule has 1 aliphatic rings. The van der Waals surface area contributed by atoms with Crippen molar-refractivity contribution in [2.45, 2.75) is 41.4 Å². The molecule has 1 aliphatic carbocycles. The molecule has 0 amide bonds. The van der Waals surface area contributed by atoms with Gasteiger partial charge in [0.05, 0.1) is 9.79 Å². The summed E-state index contributed by atoms with van der Waals surface area (Å²) >= 11 is 0. The molecule has 0 radical (unpaired) electrons. The van der Waals surface area contributed by atoms with Crippen molar-refractivity contribution in [2.75, 3.05) is 6.61 Å². The first-order chi connectivity index (χ1) is 10.6. The van der Waals surface area contributed by atoms with Crippen LogP contribution in [0.4, 0.5) is 0 Å². The highest BCUT2D eigenvalue weighted by molar-refractivity contribution is 7.91. The Labute approximate surface area is 131 Å². The average molecular weight is 316 g/mol. The molecular weight excluding hydrogens is 296 g/mol. The molecule has 116 valence electrons. The van der Waals surface area contributed by atoms with Crippen LogP contribution < -0.4 is 0 Å². The van der Waals surface area contributed by atoms with Gasteiger partial charge in [0, 0.05) is 6.61 Å². The largest absolute Gasteiger partial charge is 0.396 e. The third-order valence-electron chi connectivity index (χ3n) is 4.39. The molecule has 0 bridgehead atoms. The minimum Gasteiger partial charge on any atom is -0.396 e. The molecule has 0 heterocycles. The highest BCUT2D eigenvalue weighted by Gasteiger charge is 2.23. The lowest BCUT2D eigenvalue weighted by Crippen LogP contribution is -2.12. The standard InChI is InChI=1S/C18H20O3S/c19-12-11-14-5-4-6-15-13-17(9-10-18(14)15)22(20,21)16-7-2-1-3-8-16/h1-3,7-10,13-14,19H,4-6,11-12H2. The summed E-state index contributed by atoms with van der Waals surface area (Å²) in [5.74, 6) is 0.349. The van der Waals surface area contributed by atoms with Gasteiger partial charge in [-0.25, -0.2) is 8.42 Å². The Bertz CT molecular complexity index is 751. The fourth-order valence-electron chi connectivity index (χ4n) is 3.25. The lowest BCUT2D eigenvalue weighted by atomic mass is 9.81. The second-order valence-electron chi connectivity index (χ2n) is 5.78. The minimum atomic E-state index is -3.45. The number of fused-ring (bicyclic) bond motifs is 1. The molecular formula is C18H20O3S. The second-order valence-corrected chi connectivity index (χ2v) is 7.73. The van der Waals surface area contributed by atoms with Gasteiger partial charge in [0.15, 0.2) is 0 Å². The molecule has 2 aromatic rings. The van der Waals surface area contributed by atoms with Gasteiger partial charge in [-0.2, -0.15) is 0 Å². The molecule has 0 aliphatic heterocycles. The van der Waals surface area contributed by atoms with Crippen LogP contribution >= 0.6 is 0 Å². The van der Waals surface area contributed by atoms with Crippen LogP contribution in [0, 0.1) is 0 Å². The smallest absolute Gasteiger partial charge is 0.206 e. The fourth-order valence-corrected chi connectivity index (χ4v) is 4.58. The van der Waals surface area contributed by atoms with E-state index in [1.165, 1.54) is 5.56 Å². The number of sulfone groups is 1. The van der Waals surface area contributed by atoms with E-state index < -0.39 is 9.84 Å². The predicted molar refractivity (Wildman–Crippen MR) is 85.7 cm³/mol. The van der Waals surface area contributed by atoms with Crippen molar-refractivity contribution in [2.24, 2.45) is 0 Å².